The van der Waals surface area contributed by atoms with E-state index in [1.54, 1.807) is 0 Å². The summed E-state index contributed by atoms with van der Waals surface area (Å²) in [6.45, 7) is 0. The van der Waals surface area contributed by atoms with Gasteiger partial charge in [-0.15, -0.1) is 0 Å². The Labute approximate surface area is 280 Å². The molecular weight excluding hydrogens is 601 g/mol. The van der Waals surface area contributed by atoms with Gasteiger partial charge >= 0.3 is 0 Å². The molecule has 0 aliphatic rings. The van der Waals surface area contributed by atoms with Crippen LogP contribution in [0.15, 0.2) is 171 Å². The number of rotatable bonds is 3. The van der Waals surface area contributed by atoms with Crippen molar-refractivity contribution >= 4 is 76.4 Å². The summed E-state index contributed by atoms with van der Waals surface area (Å²) >= 11 is 0. The molecule has 0 aliphatic heterocycles. The molecule has 11 rings (SSSR count). The molecule has 0 saturated heterocycles. The van der Waals surface area contributed by atoms with Crippen LogP contribution in [-0.2, 0) is 0 Å². The van der Waals surface area contributed by atoms with E-state index in [9.17, 15) is 0 Å². The molecule has 0 N–H and O–H groups in total. The highest BCUT2D eigenvalue weighted by Gasteiger charge is 2.22. The van der Waals surface area contributed by atoms with Crippen LogP contribution >= 0.6 is 0 Å². The van der Waals surface area contributed by atoms with E-state index in [0.717, 1.165) is 77.1 Å². The summed E-state index contributed by atoms with van der Waals surface area (Å²) in [6.07, 6.45) is 1.86. The fourth-order valence-corrected chi connectivity index (χ4v) is 8.02. The summed E-state index contributed by atoms with van der Waals surface area (Å²) in [5.74, 6) is 0. The molecule has 0 unspecified atom stereocenters. The zero-order valence-electron chi connectivity index (χ0n) is 26.2. The molecule has 49 heavy (non-hydrogen) atoms. The van der Waals surface area contributed by atoms with Gasteiger partial charge in [0, 0.05) is 38.2 Å². The molecule has 3 aromatic heterocycles. The molecule has 0 fully saturated rings. The normalized spacial score (nSPS) is 12.1. The highest BCUT2D eigenvalue weighted by molar-refractivity contribution is 6.25. The van der Waals surface area contributed by atoms with Gasteiger partial charge in [0.15, 0.2) is 0 Å². The van der Waals surface area contributed by atoms with Crippen molar-refractivity contribution in [2.75, 3.05) is 0 Å². The maximum Gasteiger partial charge on any atom is 0.146 e. The molecule has 228 valence electrons. The maximum absolute atomic E-state index is 6.56. The summed E-state index contributed by atoms with van der Waals surface area (Å²) in [6, 6.07) is 53.4. The van der Waals surface area contributed by atoms with Crippen molar-refractivity contribution in [3.63, 3.8) is 0 Å². The van der Waals surface area contributed by atoms with Crippen LogP contribution in [0.1, 0.15) is 0 Å². The fourth-order valence-electron chi connectivity index (χ4n) is 8.02. The van der Waals surface area contributed by atoms with Gasteiger partial charge in [-0.05, 0) is 68.6 Å². The second-order valence-electron chi connectivity index (χ2n) is 12.8. The van der Waals surface area contributed by atoms with Crippen LogP contribution in [0.25, 0.3) is 110 Å². The molecule has 0 amide bonds. The zero-order chi connectivity index (χ0) is 32.1. The van der Waals surface area contributed by atoms with E-state index in [0.29, 0.717) is 0 Å². The van der Waals surface area contributed by atoms with E-state index in [2.05, 4.69) is 133 Å². The largest absolute Gasteiger partial charge is 0.463 e. The minimum atomic E-state index is 0.817. The van der Waals surface area contributed by atoms with Gasteiger partial charge in [0.1, 0.15) is 27.9 Å². The van der Waals surface area contributed by atoms with E-state index < -0.39 is 0 Å². The average molecular weight is 627 g/mol. The van der Waals surface area contributed by atoms with E-state index in [-0.39, 0.29) is 0 Å². The fraction of sp³-hybridized carbons (Fsp3) is 0. The van der Waals surface area contributed by atoms with Gasteiger partial charge in [0.25, 0.3) is 0 Å². The maximum atomic E-state index is 6.56. The number of fused-ring (bicyclic) bond motifs is 10. The Morgan fingerprint density at radius 1 is 0.327 bits per heavy atom. The van der Waals surface area contributed by atoms with Gasteiger partial charge in [-0.2, -0.15) is 0 Å². The zero-order valence-corrected chi connectivity index (χ0v) is 26.2. The minimum Gasteiger partial charge on any atom is -0.463 e. The molecule has 0 aliphatic carbocycles. The standard InChI is InChI=1S/C46H26O3/c1-2-11-27(12-3-1)38-26-47-46-35(38)23-24-40-44(46)36-22-21-28(25-41(36)48-40)42-30-14-4-6-16-32(30)43(33-17-7-5-15-31(33)42)37-19-10-18-34-29-13-8-9-20-39(29)49-45(34)37/h1-26H. The monoisotopic (exact) mass is 626 g/mol. The number of para-hydroxylation sites is 2. The molecule has 0 saturated carbocycles. The van der Waals surface area contributed by atoms with E-state index in [1.807, 2.05) is 24.5 Å². The van der Waals surface area contributed by atoms with Gasteiger partial charge in [-0.3, -0.25) is 0 Å². The predicted octanol–water partition coefficient (Wildman–Crippen LogP) is 13.5. The Bertz CT molecular complexity index is 3040. The lowest BCUT2D eigenvalue weighted by Gasteiger charge is -2.17. The van der Waals surface area contributed by atoms with Crippen LogP contribution < -0.4 is 0 Å². The van der Waals surface area contributed by atoms with Crippen molar-refractivity contribution in [1.82, 2.24) is 0 Å². The molecule has 3 heteroatoms. The van der Waals surface area contributed by atoms with E-state index in [1.165, 1.54) is 32.7 Å². The molecule has 0 radical (unpaired) electrons. The lowest BCUT2D eigenvalue weighted by Crippen LogP contribution is -1.91. The van der Waals surface area contributed by atoms with Crippen molar-refractivity contribution < 1.29 is 13.3 Å². The van der Waals surface area contributed by atoms with Crippen molar-refractivity contribution in [3.8, 4) is 33.4 Å². The minimum absolute atomic E-state index is 0.817. The Morgan fingerprint density at radius 3 is 1.76 bits per heavy atom. The Hall–Kier alpha value is -6.58. The predicted molar refractivity (Wildman–Crippen MR) is 202 cm³/mol. The SMILES string of the molecule is c1ccc(-c2coc3c2ccc2oc4cc(-c5c6ccccc6c(-c6cccc7c6oc6ccccc67)c6ccccc56)ccc4c23)cc1. The summed E-state index contributed by atoms with van der Waals surface area (Å²) in [5, 5.41) is 10.1. The first kappa shape index (κ1) is 26.5. The molecule has 0 atom stereocenters. The second-order valence-corrected chi connectivity index (χ2v) is 12.8. The van der Waals surface area contributed by atoms with Gasteiger partial charge in [-0.25, -0.2) is 0 Å². The van der Waals surface area contributed by atoms with Crippen molar-refractivity contribution in [1.29, 1.82) is 0 Å². The Morgan fingerprint density at radius 2 is 0.980 bits per heavy atom. The molecule has 3 nitrogen and oxygen atoms in total. The van der Waals surface area contributed by atoms with Gasteiger partial charge in [-0.1, -0.05) is 121 Å². The second kappa shape index (κ2) is 9.96. The third-order valence-corrected chi connectivity index (χ3v) is 10.2. The van der Waals surface area contributed by atoms with Crippen LogP contribution in [0.2, 0.25) is 0 Å². The average Bonchev–Trinajstić information content (AvgIpc) is 3.87. The quantitative estimate of drug-likeness (QED) is 0.183. The lowest BCUT2D eigenvalue weighted by atomic mass is 9.85. The highest BCUT2D eigenvalue weighted by Crippen LogP contribution is 2.47. The van der Waals surface area contributed by atoms with Crippen LogP contribution in [-0.4, -0.2) is 0 Å². The first-order valence-electron chi connectivity index (χ1n) is 16.6. The van der Waals surface area contributed by atoms with Crippen molar-refractivity contribution in [2.24, 2.45) is 0 Å². The summed E-state index contributed by atoms with van der Waals surface area (Å²) in [5.41, 5.74) is 11.1. The number of hydrogen-bond donors (Lipinski definition) is 0. The summed E-state index contributed by atoms with van der Waals surface area (Å²) in [7, 11) is 0. The molecular formula is C46H26O3. The topological polar surface area (TPSA) is 39.4 Å². The molecule has 0 spiro atoms. The van der Waals surface area contributed by atoms with Gasteiger partial charge in [0.05, 0.1) is 11.6 Å². The van der Waals surface area contributed by atoms with Gasteiger partial charge < -0.3 is 13.3 Å². The smallest absolute Gasteiger partial charge is 0.146 e. The Balaban J connectivity index is 1.17. The summed E-state index contributed by atoms with van der Waals surface area (Å²) < 4.78 is 19.4. The van der Waals surface area contributed by atoms with E-state index in [4.69, 9.17) is 13.3 Å². The molecule has 0 bridgehead atoms. The van der Waals surface area contributed by atoms with Crippen molar-refractivity contribution in [2.45, 2.75) is 0 Å². The van der Waals surface area contributed by atoms with Crippen LogP contribution in [0.5, 0.6) is 0 Å². The summed E-state index contributed by atoms with van der Waals surface area (Å²) in [4.78, 5) is 0. The van der Waals surface area contributed by atoms with Crippen LogP contribution in [0.3, 0.4) is 0 Å². The van der Waals surface area contributed by atoms with Crippen molar-refractivity contribution in [3.05, 3.63) is 158 Å². The van der Waals surface area contributed by atoms with Crippen LogP contribution in [0.4, 0.5) is 0 Å². The van der Waals surface area contributed by atoms with Crippen LogP contribution in [0, 0.1) is 0 Å². The molecule has 3 heterocycles. The first-order chi connectivity index (χ1) is 24.3. The molecule has 8 aromatic carbocycles. The Kier molecular flexibility index (Phi) is 5.38. The number of furan rings is 3. The third-order valence-electron chi connectivity index (χ3n) is 10.2. The third kappa shape index (κ3) is 3.73. The van der Waals surface area contributed by atoms with E-state index >= 15 is 0 Å². The number of hydrogen-bond acceptors (Lipinski definition) is 3. The van der Waals surface area contributed by atoms with Gasteiger partial charge in [0.2, 0.25) is 0 Å². The lowest BCUT2D eigenvalue weighted by molar-refractivity contribution is 0.619. The number of benzene rings is 8. The first-order valence-corrected chi connectivity index (χ1v) is 16.6. The molecule has 11 aromatic rings. The highest BCUT2D eigenvalue weighted by atomic mass is 16.3.